The molecule has 3 atom stereocenters. The molecule has 216 valence electrons. The van der Waals surface area contributed by atoms with Crippen molar-refractivity contribution in [2.75, 3.05) is 0 Å². The highest BCUT2D eigenvalue weighted by Crippen LogP contribution is 2.26. The van der Waals surface area contributed by atoms with Crippen LogP contribution in [0.4, 0.5) is 0 Å². The second kappa shape index (κ2) is 15.1. The number of amides is 3. The lowest BCUT2D eigenvalue weighted by molar-refractivity contribution is -0.133. The van der Waals surface area contributed by atoms with Gasteiger partial charge in [0.15, 0.2) is 0 Å². The summed E-state index contributed by atoms with van der Waals surface area (Å²) in [6, 6.07) is 10.1. The molecule has 9 nitrogen and oxygen atoms in total. The Morgan fingerprint density at radius 2 is 1.35 bits per heavy atom. The van der Waals surface area contributed by atoms with Gasteiger partial charge in [-0.3, -0.25) is 14.4 Å². The SMILES string of the molecule is CC(C)[C@H](NC(=O)[C@H](Cc1ccc(O)cc1)NC(=O)CC1CCCCC1)C(=O)N[C@H](C=O)Cc1ccc(O)cc1. The molecule has 5 N–H and O–H groups in total. The van der Waals surface area contributed by atoms with Gasteiger partial charge >= 0.3 is 0 Å². The van der Waals surface area contributed by atoms with Crippen LogP contribution in [0.25, 0.3) is 0 Å². The summed E-state index contributed by atoms with van der Waals surface area (Å²) in [4.78, 5) is 51.4. The summed E-state index contributed by atoms with van der Waals surface area (Å²) >= 11 is 0. The molecule has 9 heteroatoms. The van der Waals surface area contributed by atoms with Crippen molar-refractivity contribution in [1.29, 1.82) is 0 Å². The van der Waals surface area contributed by atoms with Gasteiger partial charge in [-0.15, -0.1) is 0 Å². The van der Waals surface area contributed by atoms with E-state index in [1.807, 2.05) is 0 Å². The number of hydrogen-bond acceptors (Lipinski definition) is 6. The van der Waals surface area contributed by atoms with Gasteiger partial charge in [-0.2, -0.15) is 0 Å². The number of nitrogens with one attached hydrogen (secondary N) is 3. The van der Waals surface area contributed by atoms with Gasteiger partial charge in [0.1, 0.15) is 29.9 Å². The molecule has 1 saturated carbocycles. The Morgan fingerprint density at radius 3 is 1.88 bits per heavy atom. The average molecular weight is 552 g/mol. The zero-order chi connectivity index (χ0) is 29.1. The smallest absolute Gasteiger partial charge is 0.243 e. The van der Waals surface area contributed by atoms with Crippen LogP contribution in [0.15, 0.2) is 48.5 Å². The van der Waals surface area contributed by atoms with E-state index in [0.717, 1.165) is 36.8 Å². The first-order valence-corrected chi connectivity index (χ1v) is 14.1. The first-order valence-electron chi connectivity index (χ1n) is 14.1. The summed E-state index contributed by atoms with van der Waals surface area (Å²) in [6.07, 6.45) is 6.81. The summed E-state index contributed by atoms with van der Waals surface area (Å²) < 4.78 is 0. The average Bonchev–Trinajstić information content (AvgIpc) is 2.93. The molecule has 40 heavy (non-hydrogen) atoms. The van der Waals surface area contributed by atoms with E-state index in [1.54, 1.807) is 38.1 Å². The molecule has 0 aromatic heterocycles. The van der Waals surface area contributed by atoms with Crippen LogP contribution in [0.3, 0.4) is 0 Å². The number of phenolic OH excluding ortho intramolecular Hbond substituents is 2. The molecule has 0 saturated heterocycles. The highest BCUT2D eigenvalue weighted by Gasteiger charge is 2.30. The Bertz CT molecular complexity index is 1130. The number of carbonyl (C=O) groups is 4. The molecule has 0 unspecified atom stereocenters. The summed E-state index contributed by atoms with van der Waals surface area (Å²) in [5.74, 6) is -1.00. The summed E-state index contributed by atoms with van der Waals surface area (Å²) in [6.45, 7) is 3.58. The predicted molar refractivity (Wildman–Crippen MR) is 152 cm³/mol. The van der Waals surface area contributed by atoms with Crippen molar-refractivity contribution in [1.82, 2.24) is 16.0 Å². The van der Waals surface area contributed by atoms with Gasteiger partial charge in [0.25, 0.3) is 0 Å². The third-order valence-electron chi connectivity index (χ3n) is 7.36. The number of benzene rings is 2. The van der Waals surface area contributed by atoms with Crippen molar-refractivity contribution in [3.05, 3.63) is 59.7 Å². The Labute approximate surface area is 235 Å². The number of rotatable bonds is 13. The molecule has 1 aliphatic rings. The number of aromatic hydroxyl groups is 2. The van der Waals surface area contributed by atoms with Gasteiger partial charge in [0, 0.05) is 12.8 Å². The molecule has 3 amide bonds. The van der Waals surface area contributed by atoms with E-state index in [0.29, 0.717) is 18.6 Å². The van der Waals surface area contributed by atoms with Gasteiger partial charge < -0.3 is 31.0 Å². The van der Waals surface area contributed by atoms with Crippen LogP contribution >= 0.6 is 0 Å². The normalized spacial score (nSPS) is 16.0. The van der Waals surface area contributed by atoms with Crippen LogP contribution in [0.2, 0.25) is 0 Å². The second-order valence-corrected chi connectivity index (χ2v) is 11.1. The minimum atomic E-state index is -0.938. The number of aldehydes is 1. The summed E-state index contributed by atoms with van der Waals surface area (Å²) in [7, 11) is 0. The third-order valence-corrected chi connectivity index (χ3v) is 7.36. The van der Waals surface area contributed by atoms with E-state index in [-0.39, 0.29) is 36.2 Å². The lowest BCUT2D eigenvalue weighted by atomic mass is 9.86. The highest BCUT2D eigenvalue weighted by molar-refractivity contribution is 5.93. The van der Waals surface area contributed by atoms with E-state index >= 15 is 0 Å². The van der Waals surface area contributed by atoms with Crippen molar-refractivity contribution < 1.29 is 29.4 Å². The molecule has 0 bridgehead atoms. The molecule has 0 radical (unpaired) electrons. The Kier molecular flexibility index (Phi) is 11.5. The van der Waals surface area contributed by atoms with E-state index in [4.69, 9.17) is 0 Å². The zero-order valence-corrected chi connectivity index (χ0v) is 23.3. The van der Waals surface area contributed by atoms with Crippen molar-refractivity contribution in [3.63, 3.8) is 0 Å². The minimum absolute atomic E-state index is 0.0969. The fraction of sp³-hybridized carbons (Fsp3) is 0.484. The van der Waals surface area contributed by atoms with E-state index in [2.05, 4.69) is 16.0 Å². The third kappa shape index (κ3) is 9.70. The van der Waals surface area contributed by atoms with Gasteiger partial charge in [-0.25, -0.2) is 0 Å². The van der Waals surface area contributed by atoms with Crippen LogP contribution in [-0.4, -0.2) is 52.3 Å². The van der Waals surface area contributed by atoms with Gasteiger partial charge in [-0.1, -0.05) is 57.4 Å². The first kappa shape index (κ1) is 30.7. The van der Waals surface area contributed by atoms with Crippen molar-refractivity contribution in [3.8, 4) is 11.5 Å². The van der Waals surface area contributed by atoms with E-state index in [1.165, 1.54) is 30.7 Å². The fourth-order valence-corrected chi connectivity index (χ4v) is 5.06. The van der Waals surface area contributed by atoms with Gasteiger partial charge in [0.05, 0.1) is 6.04 Å². The standard InChI is InChI=1S/C31H41N3O6/c1-20(2)29(31(40)32-24(19-35)16-22-8-12-25(36)13-9-22)34-30(39)27(17-23-10-14-26(37)15-11-23)33-28(38)18-21-6-4-3-5-7-21/h8-15,19-21,24,27,29,36-37H,3-7,16-18H2,1-2H3,(H,32,40)(H,33,38)(H,34,39)/t24-,27-,29-/m0/s1. The summed E-state index contributed by atoms with van der Waals surface area (Å²) in [5.41, 5.74) is 1.51. The highest BCUT2D eigenvalue weighted by atomic mass is 16.3. The molecule has 2 aromatic rings. The predicted octanol–water partition coefficient (Wildman–Crippen LogP) is 3.16. The van der Waals surface area contributed by atoms with E-state index < -0.39 is 29.9 Å². The Balaban J connectivity index is 1.69. The number of hydrogen-bond donors (Lipinski definition) is 5. The quantitative estimate of drug-likeness (QED) is 0.242. The molecular weight excluding hydrogens is 510 g/mol. The van der Waals surface area contributed by atoms with Gasteiger partial charge in [-0.05, 0) is 66.5 Å². The molecule has 1 aliphatic carbocycles. The largest absolute Gasteiger partial charge is 0.508 e. The minimum Gasteiger partial charge on any atom is -0.508 e. The molecule has 0 spiro atoms. The monoisotopic (exact) mass is 551 g/mol. The molecule has 0 heterocycles. The maximum absolute atomic E-state index is 13.5. The maximum atomic E-state index is 13.5. The fourth-order valence-electron chi connectivity index (χ4n) is 5.06. The number of carbonyl (C=O) groups excluding carboxylic acids is 4. The van der Waals surface area contributed by atoms with Gasteiger partial charge in [0.2, 0.25) is 17.7 Å². The topological polar surface area (TPSA) is 145 Å². The van der Waals surface area contributed by atoms with E-state index in [9.17, 15) is 29.4 Å². The molecule has 2 aromatic carbocycles. The molecule has 1 fully saturated rings. The van der Waals surface area contributed by atoms with Crippen molar-refractivity contribution in [2.45, 2.75) is 83.3 Å². The molecular formula is C31H41N3O6. The second-order valence-electron chi connectivity index (χ2n) is 11.1. The van der Waals surface area contributed by atoms with Crippen molar-refractivity contribution in [2.24, 2.45) is 11.8 Å². The van der Waals surface area contributed by atoms with Crippen LogP contribution in [0.5, 0.6) is 11.5 Å². The van der Waals surface area contributed by atoms with Crippen LogP contribution < -0.4 is 16.0 Å². The molecule has 3 rings (SSSR count). The Morgan fingerprint density at radius 1 is 0.800 bits per heavy atom. The lowest BCUT2D eigenvalue weighted by Gasteiger charge is -2.27. The van der Waals surface area contributed by atoms with Crippen LogP contribution in [0.1, 0.15) is 63.5 Å². The first-order chi connectivity index (χ1) is 19.1. The summed E-state index contributed by atoms with van der Waals surface area (Å²) in [5, 5.41) is 27.5. The Hall–Kier alpha value is -3.88. The molecule has 0 aliphatic heterocycles. The number of phenols is 2. The van der Waals surface area contributed by atoms with Crippen LogP contribution in [-0.2, 0) is 32.0 Å². The lowest BCUT2D eigenvalue weighted by Crippen LogP contribution is -2.57. The zero-order valence-electron chi connectivity index (χ0n) is 23.3. The van der Waals surface area contributed by atoms with Crippen LogP contribution in [0, 0.1) is 11.8 Å². The van der Waals surface area contributed by atoms with Crippen molar-refractivity contribution >= 4 is 24.0 Å². The maximum Gasteiger partial charge on any atom is 0.243 e.